The molecule has 2 aliphatic heterocycles. The van der Waals surface area contributed by atoms with E-state index in [0.717, 1.165) is 11.1 Å². The van der Waals surface area contributed by atoms with Gasteiger partial charge in [-0.15, -0.1) is 0 Å². The zero-order chi connectivity index (χ0) is 19.8. The molecule has 1 spiro atoms. The monoisotopic (exact) mass is 405 g/mol. The van der Waals surface area contributed by atoms with Gasteiger partial charge < -0.3 is 9.47 Å². The van der Waals surface area contributed by atoms with Gasteiger partial charge in [-0.1, -0.05) is 29.8 Å². The summed E-state index contributed by atoms with van der Waals surface area (Å²) in [4.78, 5) is 0.303. The number of ether oxygens (including phenoxy) is 2. The standard InChI is InChI=1S/C21H24FNO4S/c1-16-2-8-19(9-3-16)28(24,25)23-11-13-27-21(15-23)10-12-26-20(14-21)17-4-6-18(22)7-5-17/h2-9,20H,10-15H2,1H3/t20-,21+/m1/s1. The van der Waals surface area contributed by atoms with Crippen molar-refractivity contribution in [3.63, 3.8) is 0 Å². The summed E-state index contributed by atoms with van der Waals surface area (Å²) >= 11 is 0. The van der Waals surface area contributed by atoms with Gasteiger partial charge in [-0.25, -0.2) is 12.8 Å². The molecule has 0 saturated carbocycles. The highest BCUT2D eigenvalue weighted by atomic mass is 32.2. The van der Waals surface area contributed by atoms with E-state index >= 15 is 0 Å². The molecule has 4 rings (SSSR count). The fourth-order valence-electron chi connectivity index (χ4n) is 3.93. The van der Waals surface area contributed by atoms with Crippen LogP contribution in [-0.4, -0.2) is 44.6 Å². The van der Waals surface area contributed by atoms with Crippen LogP contribution in [0.25, 0.3) is 0 Å². The maximum Gasteiger partial charge on any atom is 0.243 e. The summed E-state index contributed by atoms with van der Waals surface area (Å²) in [6, 6.07) is 13.2. The molecule has 0 aliphatic carbocycles. The molecule has 0 N–H and O–H groups in total. The van der Waals surface area contributed by atoms with Crippen molar-refractivity contribution < 1.29 is 22.3 Å². The Morgan fingerprint density at radius 3 is 2.50 bits per heavy atom. The predicted octanol–water partition coefficient (Wildman–Crippen LogP) is 3.45. The Labute approximate surface area is 165 Å². The Bertz CT molecular complexity index is 926. The maximum atomic E-state index is 13.2. The van der Waals surface area contributed by atoms with Crippen molar-refractivity contribution >= 4 is 10.0 Å². The predicted molar refractivity (Wildman–Crippen MR) is 103 cm³/mol. The van der Waals surface area contributed by atoms with Crippen LogP contribution in [-0.2, 0) is 19.5 Å². The maximum absolute atomic E-state index is 13.2. The topological polar surface area (TPSA) is 55.8 Å². The molecule has 5 nitrogen and oxygen atoms in total. The highest BCUT2D eigenvalue weighted by Crippen LogP contribution is 2.39. The highest BCUT2D eigenvalue weighted by molar-refractivity contribution is 7.89. The molecule has 2 saturated heterocycles. The minimum absolute atomic E-state index is 0.239. The number of sulfonamides is 1. The van der Waals surface area contributed by atoms with E-state index in [1.165, 1.54) is 16.4 Å². The summed E-state index contributed by atoms with van der Waals surface area (Å²) in [5, 5.41) is 0. The second kappa shape index (κ2) is 7.55. The van der Waals surface area contributed by atoms with Gasteiger partial charge in [-0.2, -0.15) is 4.31 Å². The molecular weight excluding hydrogens is 381 g/mol. The van der Waals surface area contributed by atoms with Crippen LogP contribution in [0.15, 0.2) is 53.4 Å². The summed E-state index contributed by atoms with van der Waals surface area (Å²) in [5.74, 6) is -0.293. The molecule has 2 aromatic rings. The molecule has 150 valence electrons. The first-order valence-electron chi connectivity index (χ1n) is 9.46. The summed E-state index contributed by atoms with van der Waals surface area (Å²) in [6.07, 6.45) is 0.930. The molecule has 2 atom stereocenters. The molecule has 0 unspecified atom stereocenters. The van der Waals surface area contributed by atoms with E-state index in [1.807, 2.05) is 19.1 Å². The minimum Gasteiger partial charge on any atom is -0.373 e. The molecule has 2 aromatic carbocycles. The van der Waals surface area contributed by atoms with Crippen LogP contribution in [0.2, 0.25) is 0 Å². The number of benzene rings is 2. The van der Waals surface area contributed by atoms with Gasteiger partial charge in [0.05, 0.1) is 29.8 Å². The van der Waals surface area contributed by atoms with Gasteiger partial charge in [0.25, 0.3) is 0 Å². The van der Waals surface area contributed by atoms with E-state index in [1.54, 1.807) is 24.3 Å². The Balaban J connectivity index is 1.55. The van der Waals surface area contributed by atoms with Gasteiger partial charge in [-0.3, -0.25) is 0 Å². The fourth-order valence-corrected chi connectivity index (χ4v) is 5.43. The second-order valence-electron chi connectivity index (χ2n) is 7.55. The number of hydrogen-bond acceptors (Lipinski definition) is 4. The third-order valence-corrected chi connectivity index (χ3v) is 7.41. The normalized spacial score (nSPS) is 26.4. The first-order chi connectivity index (χ1) is 13.4. The first-order valence-corrected chi connectivity index (χ1v) is 10.9. The number of rotatable bonds is 3. The summed E-state index contributed by atoms with van der Waals surface area (Å²) < 4.78 is 53.0. The van der Waals surface area contributed by atoms with Crippen molar-refractivity contribution in [2.75, 3.05) is 26.3 Å². The zero-order valence-corrected chi connectivity index (χ0v) is 16.6. The molecule has 7 heteroatoms. The lowest BCUT2D eigenvalue weighted by Gasteiger charge is -2.46. The lowest BCUT2D eigenvalue weighted by molar-refractivity contribution is -0.163. The SMILES string of the molecule is Cc1ccc(S(=O)(=O)N2CCO[C@]3(CCO[C@@H](c4ccc(F)cc4)C3)C2)cc1. The van der Waals surface area contributed by atoms with Crippen LogP contribution >= 0.6 is 0 Å². The Hall–Kier alpha value is -1.80. The molecule has 0 bridgehead atoms. The van der Waals surface area contributed by atoms with Crippen LogP contribution in [0.1, 0.15) is 30.1 Å². The van der Waals surface area contributed by atoms with Gasteiger partial charge >= 0.3 is 0 Å². The summed E-state index contributed by atoms with van der Waals surface area (Å²) in [7, 11) is -3.58. The van der Waals surface area contributed by atoms with Crippen molar-refractivity contribution in [1.29, 1.82) is 0 Å². The van der Waals surface area contributed by atoms with Gasteiger partial charge in [0.2, 0.25) is 10.0 Å². The Kier molecular flexibility index (Phi) is 5.26. The molecule has 2 heterocycles. The molecular formula is C21H24FNO4S. The lowest BCUT2D eigenvalue weighted by atomic mass is 9.86. The van der Waals surface area contributed by atoms with Crippen LogP contribution in [0, 0.1) is 12.7 Å². The lowest BCUT2D eigenvalue weighted by Crippen LogP contribution is -2.56. The van der Waals surface area contributed by atoms with E-state index in [9.17, 15) is 12.8 Å². The van der Waals surface area contributed by atoms with Gasteiger partial charge in [0.1, 0.15) is 5.82 Å². The quantitative estimate of drug-likeness (QED) is 0.785. The van der Waals surface area contributed by atoms with Crippen molar-refractivity contribution in [2.24, 2.45) is 0 Å². The van der Waals surface area contributed by atoms with Crippen molar-refractivity contribution in [3.8, 4) is 0 Å². The number of morpholine rings is 1. The molecule has 2 aliphatic rings. The largest absolute Gasteiger partial charge is 0.373 e. The van der Waals surface area contributed by atoms with Crippen molar-refractivity contribution in [1.82, 2.24) is 4.31 Å². The van der Waals surface area contributed by atoms with Crippen molar-refractivity contribution in [2.45, 2.75) is 36.4 Å². The van der Waals surface area contributed by atoms with E-state index < -0.39 is 15.6 Å². The Morgan fingerprint density at radius 2 is 1.79 bits per heavy atom. The third-order valence-electron chi connectivity index (χ3n) is 5.55. The molecule has 0 aromatic heterocycles. The average Bonchev–Trinajstić information content (AvgIpc) is 2.69. The van der Waals surface area contributed by atoms with Crippen LogP contribution < -0.4 is 0 Å². The number of aryl methyl sites for hydroxylation is 1. The molecule has 28 heavy (non-hydrogen) atoms. The van der Waals surface area contributed by atoms with Gasteiger partial charge in [-0.05, 0) is 36.8 Å². The van der Waals surface area contributed by atoms with E-state index in [-0.39, 0.29) is 11.9 Å². The summed E-state index contributed by atoms with van der Waals surface area (Å²) in [5.41, 5.74) is 1.30. The highest BCUT2D eigenvalue weighted by Gasteiger charge is 2.45. The third kappa shape index (κ3) is 3.85. The minimum atomic E-state index is -3.58. The molecule has 2 fully saturated rings. The van der Waals surface area contributed by atoms with E-state index in [4.69, 9.17) is 9.47 Å². The zero-order valence-electron chi connectivity index (χ0n) is 15.8. The Morgan fingerprint density at radius 1 is 1.07 bits per heavy atom. The fraction of sp³-hybridized carbons (Fsp3) is 0.429. The van der Waals surface area contributed by atoms with Crippen LogP contribution in [0.4, 0.5) is 4.39 Å². The summed E-state index contributed by atoms with van der Waals surface area (Å²) in [6.45, 7) is 3.38. The van der Waals surface area contributed by atoms with Crippen LogP contribution in [0.3, 0.4) is 0 Å². The first kappa shape index (κ1) is 19.5. The second-order valence-corrected chi connectivity index (χ2v) is 9.49. The van der Waals surface area contributed by atoms with E-state index in [0.29, 0.717) is 44.0 Å². The number of hydrogen-bond donors (Lipinski definition) is 0. The number of nitrogens with zero attached hydrogens (tertiary/aromatic N) is 1. The van der Waals surface area contributed by atoms with E-state index in [2.05, 4.69) is 0 Å². The van der Waals surface area contributed by atoms with Gasteiger partial charge in [0.15, 0.2) is 0 Å². The molecule has 0 amide bonds. The van der Waals surface area contributed by atoms with Crippen LogP contribution in [0.5, 0.6) is 0 Å². The molecule has 0 radical (unpaired) electrons. The van der Waals surface area contributed by atoms with Gasteiger partial charge in [0, 0.05) is 25.9 Å². The average molecular weight is 405 g/mol. The van der Waals surface area contributed by atoms with Crippen molar-refractivity contribution in [3.05, 3.63) is 65.5 Å². The smallest absolute Gasteiger partial charge is 0.243 e. The number of halogens is 1.